The van der Waals surface area contributed by atoms with Crippen LogP contribution in [-0.4, -0.2) is 46.2 Å². The van der Waals surface area contributed by atoms with E-state index in [0.29, 0.717) is 17.9 Å². The molecule has 2 unspecified atom stereocenters. The molecule has 0 radical (unpaired) electrons. The van der Waals surface area contributed by atoms with Crippen LogP contribution in [0.2, 0.25) is 0 Å². The van der Waals surface area contributed by atoms with Crippen LogP contribution in [0.5, 0.6) is 0 Å². The van der Waals surface area contributed by atoms with E-state index in [1.807, 2.05) is 0 Å². The topological polar surface area (TPSA) is 84.9 Å². The predicted molar refractivity (Wildman–Crippen MR) is 91.7 cm³/mol. The molecule has 2 aliphatic rings. The SMILES string of the molecule is CC(C)(C)OC(=O)NC1C(=O)N2C(C(=O)OC(C)(C)C)=C(Cl)CCC12. The minimum Gasteiger partial charge on any atom is -0.455 e. The van der Waals surface area contributed by atoms with Crippen LogP contribution in [0, 0.1) is 0 Å². The first-order chi connectivity index (χ1) is 11.3. The minimum atomic E-state index is -0.725. The normalized spacial score (nSPS) is 23.6. The van der Waals surface area contributed by atoms with Gasteiger partial charge in [0.25, 0.3) is 5.91 Å². The maximum absolute atomic E-state index is 12.5. The second-order valence-electron chi connectivity index (χ2n) is 8.19. The number of rotatable bonds is 2. The van der Waals surface area contributed by atoms with Crippen molar-refractivity contribution in [2.45, 2.75) is 77.7 Å². The molecule has 140 valence electrons. The van der Waals surface area contributed by atoms with E-state index in [1.165, 1.54) is 4.90 Å². The van der Waals surface area contributed by atoms with Gasteiger partial charge in [0.2, 0.25) is 0 Å². The van der Waals surface area contributed by atoms with Crippen molar-refractivity contribution in [1.29, 1.82) is 0 Å². The molecule has 2 rings (SSSR count). The molecule has 0 aromatic rings. The Labute approximate surface area is 152 Å². The van der Waals surface area contributed by atoms with Crippen LogP contribution in [0.25, 0.3) is 0 Å². The van der Waals surface area contributed by atoms with Crippen LogP contribution in [0.4, 0.5) is 4.79 Å². The number of carbonyl (C=O) groups excluding carboxylic acids is 3. The number of allylic oxidation sites excluding steroid dienone is 1. The molecule has 8 heteroatoms. The summed E-state index contributed by atoms with van der Waals surface area (Å²) < 4.78 is 10.5. The molecule has 1 N–H and O–H groups in total. The lowest BCUT2D eigenvalue weighted by atomic mass is 9.86. The van der Waals surface area contributed by atoms with Gasteiger partial charge in [-0.05, 0) is 54.4 Å². The molecule has 2 heterocycles. The van der Waals surface area contributed by atoms with Crippen LogP contribution in [0.15, 0.2) is 10.7 Å². The van der Waals surface area contributed by atoms with E-state index in [0.717, 1.165) is 0 Å². The number of nitrogens with zero attached hydrogens (tertiary/aromatic N) is 1. The van der Waals surface area contributed by atoms with Gasteiger partial charge in [0.15, 0.2) is 0 Å². The second-order valence-corrected chi connectivity index (χ2v) is 8.65. The number of halogens is 1. The predicted octanol–water partition coefficient (Wildman–Crippen LogP) is 2.68. The zero-order chi connectivity index (χ0) is 19.2. The highest BCUT2D eigenvalue weighted by molar-refractivity contribution is 6.32. The van der Waals surface area contributed by atoms with Gasteiger partial charge in [-0.3, -0.25) is 9.69 Å². The number of hydrogen-bond acceptors (Lipinski definition) is 5. The lowest BCUT2D eigenvalue weighted by Gasteiger charge is -2.49. The number of nitrogens with one attached hydrogen (secondary N) is 1. The molecule has 0 aliphatic carbocycles. The summed E-state index contributed by atoms with van der Waals surface area (Å²) >= 11 is 6.18. The highest BCUT2D eigenvalue weighted by Crippen LogP contribution is 2.39. The van der Waals surface area contributed by atoms with Crippen molar-refractivity contribution in [1.82, 2.24) is 10.2 Å². The number of esters is 1. The summed E-state index contributed by atoms with van der Waals surface area (Å²) in [4.78, 5) is 38.1. The summed E-state index contributed by atoms with van der Waals surface area (Å²) in [5.74, 6) is -1.03. The molecule has 0 spiro atoms. The van der Waals surface area contributed by atoms with Gasteiger partial charge in [-0.1, -0.05) is 11.6 Å². The van der Waals surface area contributed by atoms with E-state index in [4.69, 9.17) is 21.1 Å². The zero-order valence-corrected chi connectivity index (χ0v) is 16.2. The van der Waals surface area contributed by atoms with Crippen LogP contribution < -0.4 is 5.32 Å². The van der Waals surface area contributed by atoms with Crippen LogP contribution in [0.1, 0.15) is 54.4 Å². The van der Waals surface area contributed by atoms with Crippen LogP contribution >= 0.6 is 11.6 Å². The third-order valence-corrected chi connectivity index (χ3v) is 4.01. The van der Waals surface area contributed by atoms with Gasteiger partial charge >= 0.3 is 12.1 Å². The summed E-state index contributed by atoms with van der Waals surface area (Å²) in [6.07, 6.45) is 0.332. The molecule has 1 saturated heterocycles. The van der Waals surface area contributed by atoms with Crippen molar-refractivity contribution in [2.75, 3.05) is 0 Å². The molecule has 2 aliphatic heterocycles. The van der Waals surface area contributed by atoms with E-state index in [9.17, 15) is 14.4 Å². The van der Waals surface area contributed by atoms with Gasteiger partial charge < -0.3 is 14.8 Å². The van der Waals surface area contributed by atoms with Crippen molar-refractivity contribution in [2.24, 2.45) is 0 Å². The van der Waals surface area contributed by atoms with Crippen molar-refractivity contribution in [3.63, 3.8) is 0 Å². The van der Waals surface area contributed by atoms with Gasteiger partial charge in [0.05, 0.1) is 6.04 Å². The monoisotopic (exact) mass is 372 g/mol. The largest absolute Gasteiger partial charge is 0.455 e. The van der Waals surface area contributed by atoms with E-state index in [1.54, 1.807) is 41.5 Å². The Morgan fingerprint density at radius 2 is 1.68 bits per heavy atom. The van der Waals surface area contributed by atoms with Crippen LogP contribution in [0.3, 0.4) is 0 Å². The molecule has 0 aromatic heterocycles. The van der Waals surface area contributed by atoms with Gasteiger partial charge in [-0.2, -0.15) is 0 Å². The Morgan fingerprint density at radius 3 is 2.20 bits per heavy atom. The fraction of sp³-hybridized carbons (Fsp3) is 0.706. The molecule has 0 bridgehead atoms. The maximum atomic E-state index is 12.5. The van der Waals surface area contributed by atoms with Gasteiger partial charge in [-0.25, -0.2) is 9.59 Å². The van der Waals surface area contributed by atoms with Crippen molar-refractivity contribution in [3.8, 4) is 0 Å². The summed E-state index contributed by atoms with van der Waals surface area (Å²) in [7, 11) is 0. The fourth-order valence-corrected chi connectivity index (χ4v) is 3.05. The molecule has 1 fully saturated rings. The minimum absolute atomic E-state index is 0.0695. The Hall–Kier alpha value is -1.76. The highest BCUT2D eigenvalue weighted by Gasteiger charge is 2.54. The standard InChI is InChI=1S/C17H25ClN2O5/c1-16(2,3)24-14(22)12-9(18)7-8-10-11(13(21)20(10)12)19-15(23)25-17(4,5)6/h10-11H,7-8H2,1-6H3,(H,19,23). The second kappa shape index (κ2) is 6.52. The number of alkyl carbamates (subject to hydrolysis) is 1. The Bertz CT molecular complexity index is 630. The molecule has 2 amide bonds. The van der Waals surface area contributed by atoms with Crippen molar-refractivity contribution in [3.05, 3.63) is 10.7 Å². The fourth-order valence-electron chi connectivity index (χ4n) is 2.77. The number of carbonyl (C=O) groups is 3. The van der Waals surface area contributed by atoms with E-state index >= 15 is 0 Å². The molecule has 0 saturated carbocycles. The summed E-state index contributed by atoms with van der Waals surface area (Å²) in [5.41, 5.74) is -1.29. The Balaban J connectivity index is 2.11. The Kier molecular flexibility index (Phi) is 5.10. The average molecular weight is 373 g/mol. The summed E-state index contributed by atoms with van der Waals surface area (Å²) in [6.45, 7) is 10.4. The van der Waals surface area contributed by atoms with Crippen LogP contribution in [-0.2, 0) is 19.1 Å². The third kappa shape index (κ3) is 4.45. The maximum Gasteiger partial charge on any atom is 0.408 e. The molecule has 0 aromatic carbocycles. The molecule has 25 heavy (non-hydrogen) atoms. The molecular formula is C17H25ClN2O5. The number of hydrogen-bond donors (Lipinski definition) is 1. The Morgan fingerprint density at radius 1 is 1.12 bits per heavy atom. The molecular weight excluding hydrogens is 348 g/mol. The summed E-state index contributed by atoms with van der Waals surface area (Å²) in [6, 6.07) is -1.05. The molecule has 7 nitrogen and oxygen atoms in total. The first-order valence-corrected chi connectivity index (χ1v) is 8.62. The zero-order valence-electron chi connectivity index (χ0n) is 15.4. The van der Waals surface area contributed by atoms with Gasteiger partial charge in [0.1, 0.15) is 22.9 Å². The van der Waals surface area contributed by atoms with Crippen molar-refractivity contribution >= 4 is 29.6 Å². The third-order valence-electron chi connectivity index (χ3n) is 3.64. The van der Waals surface area contributed by atoms with Gasteiger partial charge in [-0.15, -0.1) is 0 Å². The lowest BCUT2D eigenvalue weighted by Crippen LogP contribution is -2.71. The quantitative estimate of drug-likeness (QED) is 0.595. The molecule has 2 atom stereocenters. The average Bonchev–Trinajstić information content (AvgIpc) is 2.40. The number of amides is 2. The van der Waals surface area contributed by atoms with Crippen molar-refractivity contribution < 1.29 is 23.9 Å². The smallest absolute Gasteiger partial charge is 0.408 e. The number of fused-ring (bicyclic) bond motifs is 1. The van der Waals surface area contributed by atoms with E-state index in [2.05, 4.69) is 5.32 Å². The number of β-lactam (4-membered cyclic amide) rings is 1. The number of ether oxygens (including phenoxy) is 2. The highest BCUT2D eigenvalue weighted by atomic mass is 35.5. The van der Waals surface area contributed by atoms with Gasteiger partial charge in [0, 0.05) is 5.03 Å². The summed E-state index contributed by atoms with van der Waals surface area (Å²) in [5, 5.41) is 2.87. The lowest BCUT2D eigenvalue weighted by molar-refractivity contribution is -0.161. The first kappa shape index (κ1) is 19.6. The van der Waals surface area contributed by atoms with E-state index < -0.39 is 35.2 Å². The van der Waals surface area contributed by atoms with E-state index in [-0.39, 0.29) is 11.7 Å². The first-order valence-electron chi connectivity index (χ1n) is 8.25.